The molecule has 0 aromatic heterocycles. The molecule has 1 saturated heterocycles. The van der Waals surface area contributed by atoms with Gasteiger partial charge in [0.1, 0.15) is 11.9 Å². The van der Waals surface area contributed by atoms with E-state index >= 15 is 0 Å². The largest absolute Gasteiger partial charge is 0.384 e. The lowest BCUT2D eigenvalue weighted by Crippen LogP contribution is -2.57. The summed E-state index contributed by atoms with van der Waals surface area (Å²) < 4.78 is 29.9. The van der Waals surface area contributed by atoms with Crippen LogP contribution in [0.3, 0.4) is 0 Å². The molecule has 4 aromatic carbocycles. The molecule has 12 heteroatoms. The van der Waals surface area contributed by atoms with E-state index in [1.807, 2.05) is 54.6 Å². The Bertz CT molecular complexity index is 1760. The molecule has 1 atom stereocenters. The number of hydrogen-bond acceptors (Lipinski definition) is 5. The quantitative estimate of drug-likeness (QED) is 0.114. The number of fused-ring (bicyclic) bond motifs is 1. The number of halogens is 1. The SMILES string of the molecule is Cl.N=C(N)c1ccc(CN(NC(=O)C(Cc2ccccc2)NS(=O)(=O)c2ccc3ccccc3c2)C(=O)N2CCCCCC2)cc1. The second kappa shape index (κ2) is 15.7. The number of benzene rings is 4. The number of carbonyl (C=O) groups excluding carboxylic acids is 2. The van der Waals surface area contributed by atoms with Gasteiger partial charge < -0.3 is 10.6 Å². The van der Waals surface area contributed by atoms with Gasteiger partial charge in [-0.1, -0.05) is 97.8 Å². The Balaban J connectivity index is 0.00000480. The number of urea groups is 1. The molecule has 0 aliphatic carbocycles. The van der Waals surface area contributed by atoms with Crippen molar-refractivity contribution in [3.05, 3.63) is 114 Å². The van der Waals surface area contributed by atoms with Gasteiger partial charge in [0, 0.05) is 18.7 Å². The van der Waals surface area contributed by atoms with Crippen LogP contribution < -0.4 is 15.9 Å². The van der Waals surface area contributed by atoms with Crippen molar-refractivity contribution in [2.45, 2.75) is 49.6 Å². The number of rotatable bonds is 9. The first-order valence-corrected chi connectivity index (χ1v) is 16.5. The van der Waals surface area contributed by atoms with Crippen molar-refractivity contribution < 1.29 is 18.0 Å². The fourth-order valence-corrected chi connectivity index (χ4v) is 6.63. The summed E-state index contributed by atoms with van der Waals surface area (Å²) in [5, 5.41) is 10.6. The summed E-state index contributed by atoms with van der Waals surface area (Å²) in [5.41, 5.74) is 10.4. The molecule has 4 aromatic rings. The van der Waals surface area contributed by atoms with E-state index in [-0.39, 0.29) is 42.1 Å². The molecule has 5 N–H and O–H groups in total. The molecule has 1 aliphatic heterocycles. The third kappa shape index (κ3) is 8.84. The first-order valence-electron chi connectivity index (χ1n) is 15.0. The molecule has 0 saturated carbocycles. The average Bonchev–Trinajstić information content (AvgIpc) is 3.34. The van der Waals surface area contributed by atoms with Crippen LogP contribution in [0.5, 0.6) is 0 Å². The highest BCUT2D eigenvalue weighted by molar-refractivity contribution is 7.89. The number of amidine groups is 1. The smallest absolute Gasteiger partial charge is 0.339 e. The minimum Gasteiger partial charge on any atom is -0.384 e. The van der Waals surface area contributed by atoms with E-state index in [0.717, 1.165) is 42.0 Å². The maximum absolute atomic E-state index is 14.0. The monoisotopic (exact) mass is 662 g/mol. The van der Waals surface area contributed by atoms with Crippen LogP contribution in [0.15, 0.2) is 102 Å². The van der Waals surface area contributed by atoms with Crippen LogP contribution in [0, 0.1) is 5.41 Å². The number of sulfonamides is 1. The molecular weight excluding hydrogens is 624 g/mol. The summed E-state index contributed by atoms with van der Waals surface area (Å²) in [4.78, 5) is 29.6. The second-order valence-electron chi connectivity index (χ2n) is 11.2. The Morgan fingerprint density at radius 2 is 1.46 bits per heavy atom. The zero-order valence-corrected chi connectivity index (χ0v) is 27.0. The predicted octanol–water partition coefficient (Wildman–Crippen LogP) is 4.96. The van der Waals surface area contributed by atoms with Gasteiger partial charge in [-0.2, -0.15) is 4.72 Å². The summed E-state index contributed by atoms with van der Waals surface area (Å²) in [6.07, 6.45) is 3.85. The molecule has 242 valence electrons. The third-order valence-corrected chi connectivity index (χ3v) is 9.36. The van der Waals surface area contributed by atoms with Crippen LogP contribution in [0.25, 0.3) is 10.8 Å². The van der Waals surface area contributed by atoms with Crippen molar-refractivity contribution in [3.63, 3.8) is 0 Å². The maximum Gasteiger partial charge on any atom is 0.339 e. The predicted molar refractivity (Wildman–Crippen MR) is 182 cm³/mol. The fraction of sp³-hybridized carbons (Fsp3) is 0.265. The van der Waals surface area contributed by atoms with E-state index in [9.17, 15) is 18.0 Å². The number of nitrogens with one attached hydrogen (secondary N) is 3. The van der Waals surface area contributed by atoms with Gasteiger partial charge in [-0.25, -0.2) is 18.2 Å². The molecule has 3 amide bonds. The number of carbonyl (C=O) groups is 2. The summed E-state index contributed by atoms with van der Waals surface area (Å²) in [5.74, 6) is -0.735. The van der Waals surface area contributed by atoms with Crippen LogP contribution in [0.2, 0.25) is 0 Å². The molecule has 10 nitrogen and oxygen atoms in total. The Hall–Kier alpha value is -4.45. The minimum atomic E-state index is -4.13. The first-order chi connectivity index (χ1) is 21.7. The summed E-state index contributed by atoms with van der Waals surface area (Å²) >= 11 is 0. The first kappa shape index (κ1) is 34.4. The topological polar surface area (TPSA) is 149 Å². The minimum absolute atomic E-state index is 0. The van der Waals surface area contributed by atoms with Crippen LogP contribution in [0.1, 0.15) is 42.4 Å². The standard InChI is InChI=1S/C34H38N6O4S.ClH/c35-32(36)28-16-14-26(15-17-28)24-40(34(42)39-20-8-1-2-9-21-39)37-33(41)31(22-25-10-4-3-5-11-25)38-45(43,44)30-19-18-27-12-6-7-13-29(27)23-30;/h3-7,10-19,23,31,38H,1-2,8-9,20-22,24H2,(H3,35,36)(H,37,41);1H. The average molecular weight is 663 g/mol. The van der Waals surface area contributed by atoms with Crippen molar-refractivity contribution in [2.75, 3.05) is 13.1 Å². The zero-order chi connectivity index (χ0) is 31.8. The molecule has 1 aliphatic rings. The van der Waals surface area contributed by atoms with Gasteiger partial charge >= 0.3 is 6.03 Å². The summed E-state index contributed by atoms with van der Waals surface area (Å²) in [7, 11) is -4.13. The highest BCUT2D eigenvalue weighted by Crippen LogP contribution is 2.20. The molecule has 1 unspecified atom stereocenters. The maximum atomic E-state index is 14.0. The normalized spacial score (nSPS) is 14.0. The molecule has 46 heavy (non-hydrogen) atoms. The van der Waals surface area contributed by atoms with Crippen molar-refractivity contribution in [3.8, 4) is 0 Å². The van der Waals surface area contributed by atoms with Crippen LogP contribution in [-0.2, 0) is 27.8 Å². The van der Waals surface area contributed by atoms with Crippen LogP contribution in [0.4, 0.5) is 4.79 Å². The van der Waals surface area contributed by atoms with E-state index in [0.29, 0.717) is 24.2 Å². The lowest BCUT2D eigenvalue weighted by atomic mass is 10.1. The van der Waals surface area contributed by atoms with E-state index in [1.165, 1.54) is 11.1 Å². The second-order valence-corrected chi connectivity index (χ2v) is 12.9. The van der Waals surface area contributed by atoms with E-state index in [1.54, 1.807) is 41.3 Å². The lowest BCUT2D eigenvalue weighted by molar-refractivity contribution is -0.126. The van der Waals surface area contributed by atoms with Crippen molar-refractivity contribution in [2.24, 2.45) is 5.73 Å². The number of amides is 3. The number of nitrogens with two attached hydrogens (primary N) is 1. The Kier molecular flexibility index (Phi) is 11.8. The Morgan fingerprint density at radius 1 is 0.826 bits per heavy atom. The number of likely N-dealkylation sites (tertiary alicyclic amines) is 1. The van der Waals surface area contributed by atoms with Gasteiger partial charge in [0.05, 0.1) is 11.4 Å². The highest BCUT2D eigenvalue weighted by atomic mass is 35.5. The summed E-state index contributed by atoms with van der Waals surface area (Å²) in [6.45, 7) is 1.17. The van der Waals surface area contributed by atoms with Gasteiger partial charge in [0.2, 0.25) is 10.0 Å². The van der Waals surface area contributed by atoms with Gasteiger partial charge in [-0.05, 0) is 53.3 Å². The molecule has 1 fully saturated rings. The summed E-state index contributed by atoms with van der Waals surface area (Å²) in [6, 6.07) is 26.7. The highest BCUT2D eigenvalue weighted by Gasteiger charge is 2.30. The van der Waals surface area contributed by atoms with Crippen molar-refractivity contribution >= 4 is 51.0 Å². The fourth-order valence-electron chi connectivity index (χ4n) is 5.40. The molecule has 5 rings (SSSR count). The third-order valence-electron chi connectivity index (χ3n) is 7.89. The lowest BCUT2D eigenvalue weighted by Gasteiger charge is -2.31. The van der Waals surface area contributed by atoms with Gasteiger partial charge in [0.25, 0.3) is 5.91 Å². The van der Waals surface area contributed by atoms with Gasteiger partial charge in [0.15, 0.2) is 0 Å². The molecule has 0 spiro atoms. The van der Waals surface area contributed by atoms with E-state index < -0.39 is 22.0 Å². The van der Waals surface area contributed by atoms with Crippen LogP contribution >= 0.6 is 12.4 Å². The molecule has 1 heterocycles. The number of nitrogen functional groups attached to an aromatic ring is 1. The number of hydrazine groups is 1. The number of nitrogens with zero attached hydrogens (tertiary/aromatic N) is 2. The van der Waals surface area contributed by atoms with Gasteiger partial charge in [-0.15, -0.1) is 12.4 Å². The van der Waals surface area contributed by atoms with Crippen molar-refractivity contribution in [1.29, 1.82) is 5.41 Å². The Morgan fingerprint density at radius 3 is 2.11 bits per heavy atom. The Labute approximate surface area is 275 Å². The molecule has 0 radical (unpaired) electrons. The zero-order valence-electron chi connectivity index (χ0n) is 25.4. The van der Waals surface area contributed by atoms with Crippen LogP contribution in [-0.4, -0.2) is 55.2 Å². The molecular formula is C34H39ClN6O4S. The van der Waals surface area contributed by atoms with E-state index in [2.05, 4.69) is 10.1 Å². The number of hydrogen-bond donors (Lipinski definition) is 4. The van der Waals surface area contributed by atoms with E-state index in [4.69, 9.17) is 11.1 Å². The molecule has 0 bridgehead atoms. The van der Waals surface area contributed by atoms with Crippen molar-refractivity contribution in [1.82, 2.24) is 20.1 Å². The van der Waals surface area contributed by atoms with Gasteiger partial charge in [-0.3, -0.25) is 15.6 Å².